The summed E-state index contributed by atoms with van der Waals surface area (Å²) >= 11 is 11.8. The van der Waals surface area contributed by atoms with E-state index >= 15 is 0 Å². The Morgan fingerprint density at radius 1 is 1.19 bits per heavy atom. The Balaban J connectivity index is 1.92. The van der Waals surface area contributed by atoms with Gasteiger partial charge in [-0.2, -0.15) is 0 Å². The van der Waals surface area contributed by atoms with Crippen molar-refractivity contribution >= 4 is 29.1 Å². The van der Waals surface area contributed by atoms with Crippen LogP contribution < -0.4 is 0 Å². The minimum atomic E-state index is -0.150. The molecule has 21 heavy (non-hydrogen) atoms. The van der Waals surface area contributed by atoms with Crippen LogP contribution in [-0.4, -0.2) is 27.5 Å². The molecule has 0 N–H and O–H groups in total. The van der Waals surface area contributed by atoms with Gasteiger partial charge in [0.1, 0.15) is 0 Å². The summed E-state index contributed by atoms with van der Waals surface area (Å²) in [4.78, 5) is 14.5. The first kappa shape index (κ1) is 14.3. The molecule has 1 aromatic heterocycles. The monoisotopic (exact) mass is 321 g/mol. The first-order valence-corrected chi connectivity index (χ1v) is 7.47. The van der Waals surface area contributed by atoms with Crippen LogP contribution in [0, 0.1) is 0 Å². The Morgan fingerprint density at radius 2 is 1.95 bits per heavy atom. The van der Waals surface area contributed by atoms with Gasteiger partial charge in [0, 0.05) is 6.54 Å². The Labute approximate surface area is 132 Å². The number of amides is 1. The van der Waals surface area contributed by atoms with E-state index in [-0.39, 0.29) is 22.3 Å². The highest BCUT2D eigenvalue weighted by Gasteiger charge is 2.31. The Morgan fingerprint density at radius 3 is 2.71 bits per heavy atom. The van der Waals surface area contributed by atoms with Crippen LogP contribution in [0.15, 0.2) is 36.4 Å². The lowest BCUT2D eigenvalue weighted by Crippen LogP contribution is -2.31. The van der Waals surface area contributed by atoms with Gasteiger partial charge in [-0.25, -0.2) is 0 Å². The zero-order valence-electron chi connectivity index (χ0n) is 11.2. The molecule has 1 aliphatic rings. The lowest BCUT2D eigenvalue weighted by atomic mass is 10.0. The number of carbonyl (C=O) groups is 1. The van der Waals surface area contributed by atoms with Crippen LogP contribution in [0.3, 0.4) is 0 Å². The lowest BCUT2D eigenvalue weighted by molar-refractivity contribution is 0.0735. The number of hydrogen-bond acceptors (Lipinski definition) is 3. The fraction of sp³-hybridized carbons (Fsp3) is 0.267. The number of hydrogen-bond donors (Lipinski definition) is 0. The fourth-order valence-electron chi connectivity index (χ4n) is 2.69. The van der Waals surface area contributed by atoms with Crippen molar-refractivity contribution in [1.82, 2.24) is 15.1 Å². The van der Waals surface area contributed by atoms with Gasteiger partial charge in [0.2, 0.25) is 0 Å². The van der Waals surface area contributed by atoms with Gasteiger partial charge in [0.05, 0.1) is 11.6 Å². The van der Waals surface area contributed by atoms with E-state index in [1.807, 2.05) is 35.2 Å². The van der Waals surface area contributed by atoms with E-state index < -0.39 is 0 Å². The van der Waals surface area contributed by atoms with E-state index in [1.54, 1.807) is 0 Å². The minimum absolute atomic E-state index is 0.0710. The summed E-state index contributed by atoms with van der Waals surface area (Å²) in [5, 5.41) is 7.59. The van der Waals surface area contributed by atoms with Crippen LogP contribution in [0.25, 0.3) is 0 Å². The summed E-state index contributed by atoms with van der Waals surface area (Å²) in [6.07, 6.45) is 1.91. The predicted molar refractivity (Wildman–Crippen MR) is 81.5 cm³/mol. The molecule has 1 aliphatic heterocycles. The van der Waals surface area contributed by atoms with Crippen LogP contribution in [0.4, 0.5) is 0 Å². The second-order valence-electron chi connectivity index (χ2n) is 4.94. The molecule has 2 aromatic rings. The molecule has 4 nitrogen and oxygen atoms in total. The van der Waals surface area contributed by atoms with Gasteiger partial charge in [-0.1, -0.05) is 53.5 Å². The quantitative estimate of drug-likeness (QED) is 0.846. The van der Waals surface area contributed by atoms with Gasteiger partial charge in [0.15, 0.2) is 10.3 Å². The lowest BCUT2D eigenvalue weighted by Gasteiger charge is -2.25. The standard InChI is InChI=1S/C15H13Cl2N3O/c16-13-9-11(14(17)19-18-13)15(21)20-8-4-7-12(20)10-5-2-1-3-6-10/h1-3,5-6,9,12H,4,7-8H2. The molecular formula is C15H13Cl2N3O. The zero-order chi connectivity index (χ0) is 14.8. The summed E-state index contributed by atoms with van der Waals surface area (Å²) in [6, 6.07) is 11.5. The maximum Gasteiger partial charge on any atom is 0.257 e. The maximum atomic E-state index is 12.7. The summed E-state index contributed by atoms with van der Waals surface area (Å²) in [5.74, 6) is -0.150. The molecule has 6 heteroatoms. The smallest absolute Gasteiger partial charge is 0.257 e. The molecule has 0 spiro atoms. The molecule has 3 rings (SSSR count). The Hall–Kier alpha value is -1.65. The van der Waals surface area contributed by atoms with Crippen molar-refractivity contribution < 1.29 is 4.79 Å². The second-order valence-corrected chi connectivity index (χ2v) is 5.68. The van der Waals surface area contributed by atoms with Crippen LogP contribution in [0.1, 0.15) is 34.8 Å². The first-order chi connectivity index (χ1) is 10.2. The molecule has 2 heterocycles. The summed E-state index contributed by atoms with van der Waals surface area (Å²) in [6.45, 7) is 0.703. The molecular weight excluding hydrogens is 309 g/mol. The number of carbonyl (C=O) groups excluding carboxylic acids is 1. The van der Waals surface area contributed by atoms with Gasteiger partial charge in [-0.05, 0) is 24.5 Å². The van der Waals surface area contributed by atoms with Crippen LogP contribution in [-0.2, 0) is 0 Å². The highest BCUT2D eigenvalue weighted by molar-refractivity contribution is 6.34. The third-order valence-corrected chi connectivity index (χ3v) is 4.11. The van der Waals surface area contributed by atoms with Gasteiger partial charge in [0.25, 0.3) is 5.91 Å². The molecule has 0 aliphatic carbocycles. The predicted octanol–water partition coefficient (Wildman–Crippen LogP) is 3.76. The SMILES string of the molecule is O=C(c1cc(Cl)nnc1Cl)N1CCCC1c1ccccc1. The molecule has 1 unspecified atom stereocenters. The molecule has 1 amide bonds. The highest BCUT2D eigenvalue weighted by Crippen LogP contribution is 2.33. The molecule has 0 saturated carbocycles. The van der Waals surface area contributed by atoms with Crippen molar-refractivity contribution in [2.45, 2.75) is 18.9 Å². The number of rotatable bonds is 2. The maximum absolute atomic E-state index is 12.7. The summed E-state index contributed by atoms with van der Waals surface area (Å²) in [7, 11) is 0. The second kappa shape index (κ2) is 6.00. The van der Waals surface area contributed by atoms with Gasteiger partial charge in [-0.15, -0.1) is 10.2 Å². The fourth-order valence-corrected chi connectivity index (χ4v) is 3.01. The van der Waals surface area contributed by atoms with E-state index in [0.717, 1.165) is 18.4 Å². The van der Waals surface area contributed by atoms with Gasteiger partial charge >= 0.3 is 0 Å². The number of likely N-dealkylation sites (tertiary alicyclic amines) is 1. The van der Waals surface area contributed by atoms with Crippen LogP contribution in [0.2, 0.25) is 10.3 Å². The third kappa shape index (κ3) is 2.87. The van der Waals surface area contributed by atoms with E-state index in [1.165, 1.54) is 6.07 Å². The van der Waals surface area contributed by atoms with Crippen molar-refractivity contribution in [2.75, 3.05) is 6.54 Å². The Bertz CT molecular complexity index is 663. The molecule has 1 saturated heterocycles. The van der Waals surface area contributed by atoms with E-state index in [2.05, 4.69) is 10.2 Å². The minimum Gasteiger partial charge on any atom is -0.332 e. The number of halogens is 2. The molecule has 108 valence electrons. The summed E-state index contributed by atoms with van der Waals surface area (Å²) in [5.41, 5.74) is 1.44. The molecule has 0 bridgehead atoms. The first-order valence-electron chi connectivity index (χ1n) is 6.71. The summed E-state index contributed by atoms with van der Waals surface area (Å²) < 4.78 is 0. The van der Waals surface area contributed by atoms with Crippen molar-refractivity contribution in [3.05, 3.63) is 57.8 Å². The van der Waals surface area contributed by atoms with Crippen molar-refractivity contribution in [3.8, 4) is 0 Å². The Kier molecular flexibility index (Phi) is 4.08. The van der Waals surface area contributed by atoms with Crippen molar-refractivity contribution in [2.24, 2.45) is 0 Å². The van der Waals surface area contributed by atoms with Crippen molar-refractivity contribution in [1.29, 1.82) is 0 Å². The highest BCUT2D eigenvalue weighted by atomic mass is 35.5. The van der Waals surface area contributed by atoms with E-state index in [0.29, 0.717) is 12.1 Å². The number of nitrogens with zero attached hydrogens (tertiary/aromatic N) is 3. The van der Waals surface area contributed by atoms with Crippen LogP contribution >= 0.6 is 23.2 Å². The zero-order valence-corrected chi connectivity index (χ0v) is 12.7. The largest absolute Gasteiger partial charge is 0.332 e. The third-order valence-electron chi connectivity index (χ3n) is 3.65. The topological polar surface area (TPSA) is 46.1 Å². The number of benzene rings is 1. The van der Waals surface area contributed by atoms with Crippen LogP contribution in [0.5, 0.6) is 0 Å². The number of aromatic nitrogens is 2. The van der Waals surface area contributed by atoms with Gasteiger partial charge < -0.3 is 4.90 Å². The molecule has 1 fully saturated rings. The van der Waals surface area contributed by atoms with Crippen molar-refractivity contribution in [3.63, 3.8) is 0 Å². The van der Waals surface area contributed by atoms with E-state index in [9.17, 15) is 4.79 Å². The normalized spacial score (nSPS) is 18.0. The molecule has 1 atom stereocenters. The van der Waals surface area contributed by atoms with E-state index in [4.69, 9.17) is 23.2 Å². The molecule has 1 aromatic carbocycles. The average Bonchev–Trinajstić information content (AvgIpc) is 2.99. The molecule has 0 radical (unpaired) electrons. The van der Waals surface area contributed by atoms with Gasteiger partial charge in [-0.3, -0.25) is 4.79 Å². The average molecular weight is 322 g/mol.